The molecule has 0 atom stereocenters. The first-order valence-electron chi connectivity index (χ1n) is 6.35. The standard InChI is InChI=1S/C16H17NO4/c1-19-13-7-8-14-11(10-13)9-12(17-14)5-4-6-15(20-2)16(18)21-3/h4-10,17H,1-3H3. The van der Waals surface area contributed by atoms with Crippen molar-refractivity contribution >= 4 is 22.9 Å². The van der Waals surface area contributed by atoms with Gasteiger partial charge in [0.05, 0.1) is 21.3 Å². The summed E-state index contributed by atoms with van der Waals surface area (Å²) in [7, 11) is 4.37. The average molecular weight is 287 g/mol. The van der Waals surface area contributed by atoms with E-state index in [1.807, 2.05) is 30.3 Å². The number of aromatic nitrogens is 1. The summed E-state index contributed by atoms with van der Waals surface area (Å²) < 4.78 is 14.7. The van der Waals surface area contributed by atoms with E-state index in [0.29, 0.717) is 0 Å². The van der Waals surface area contributed by atoms with Gasteiger partial charge in [-0.05, 0) is 36.4 Å². The zero-order valence-electron chi connectivity index (χ0n) is 12.2. The number of H-pyrrole nitrogens is 1. The monoisotopic (exact) mass is 287 g/mol. The summed E-state index contributed by atoms with van der Waals surface area (Å²) in [5.74, 6) is 0.444. The highest BCUT2D eigenvalue weighted by Gasteiger charge is 2.07. The first kappa shape index (κ1) is 14.7. The molecule has 5 heteroatoms. The zero-order valence-corrected chi connectivity index (χ0v) is 12.2. The Hall–Kier alpha value is -2.69. The van der Waals surface area contributed by atoms with Crippen LogP contribution in [0.5, 0.6) is 5.75 Å². The van der Waals surface area contributed by atoms with E-state index in [9.17, 15) is 4.79 Å². The molecule has 1 N–H and O–H groups in total. The summed E-state index contributed by atoms with van der Waals surface area (Å²) in [6, 6.07) is 7.80. The van der Waals surface area contributed by atoms with Crippen LogP contribution in [0.15, 0.2) is 42.2 Å². The van der Waals surface area contributed by atoms with Gasteiger partial charge in [0, 0.05) is 16.6 Å². The Morgan fingerprint density at radius 3 is 2.62 bits per heavy atom. The molecule has 1 aromatic heterocycles. The maximum absolute atomic E-state index is 11.3. The van der Waals surface area contributed by atoms with E-state index in [1.54, 1.807) is 19.3 Å². The number of ether oxygens (including phenoxy) is 3. The van der Waals surface area contributed by atoms with Gasteiger partial charge < -0.3 is 19.2 Å². The Labute approximate surface area is 122 Å². The first-order chi connectivity index (χ1) is 10.2. The van der Waals surface area contributed by atoms with Gasteiger partial charge in [-0.15, -0.1) is 0 Å². The second-order valence-corrected chi connectivity index (χ2v) is 4.26. The highest BCUT2D eigenvalue weighted by atomic mass is 16.6. The van der Waals surface area contributed by atoms with Gasteiger partial charge in [-0.1, -0.05) is 6.08 Å². The summed E-state index contributed by atoms with van der Waals surface area (Å²) in [5.41, 5.74) is 1.93. The van der Waals surface area contributed by atoms with Gasteiger partial charge in [0.15, 0.2) is 0 Å². The molecule has 0 unspecified atom stereocenters. The van der Waals surface area contributed by atoms with Crippen LogP contribution in [0.25, 0.3) is 17.0 Å². The highest BCUT2D eigenvalue weighted by molar-refractivity contribution is 5.87. The van der Waals surface area contributed by atoms with Gasteiger partial charge in [-0.25, -0.2) is 4.79 Å². The summed E-state index contributed by atoms with van der Waals surface area (Å²) in [5, 5.41) is 1.05. The summed E-state index contributed by atoms with van der Waals surface area (Å²) in [4.78, 5) is 14.6. The fraction of sp³-hybridized carbons (Fsp3) is 0.188. The molecule has 0 aliphatic carbocycles. The number of nitrogens with one attached hydrogen (secondary N) is 1. The maximum Gasteiger partial charge on any atom is 0.373 e. The SMILES string of the molecule is COC(=O)C(=CC=Cc1cc2cc(OC)ccc2[nH]1)OC. The molecule has 21 heavy (non-hydrogen) atoms. The van der Waals surface area contributed by atoms with Gasteiger partial charge in [-0.2, -0.15) is 0 Å². The third-order valence-corrected chi connectivity index (χ3v) is 2.98. The smallest absolute Gasteiger partial charge is 0.373 e. The minimum Gasteiger partial charge on any atom is -0.497 e. The number of carbonyl (C=O) groups is 1. The van der Waals surface area contributed by atoms with Crippen LogP contribution in [0.4, 0.5) is 0 Å². The molecule has 0 amide bonds. The number of benzene rings is 1. The van der Waals surface area contributed by atoms with Gasteiger partial charge in [0.25, 0.3) is 0 Å². The third-order valence-electron chi connectivity index (χ3n) is 2.98. The molecule has 0 saturated heterocycles. The van der Waals surface area contributed by atoms with Crippen molar-refractivity contribution in [2.45, 2.75) is 0 Å². The molecule has 0 saturated carbocycles. The Kier molecular flexibility index (Phi) is 4.66. The molecule has 0 aliphatic rings. The molecule has 0 fully saturated rings. The van der Waals surface area contributed by atoms with Crippen molar-refractivity contribution in [3.05, 3.63) is 47.9 Å². The molecular weight excluding hydrogens is 270 g/mol. The summed E-state index contributed by atoms with van der Waals surface area (Å²) in [6.07, 6.45) is 5.12. The molecule has 0 aliphatic heterocycles. The lowest BCUT2D eigenvalue weighted by Gasteiger charge is -2.00. The fourth-order valence-corrected chi connectivity index (χ4v) is 1.91. The van der Waals surface area contributed by atoms with E-state index in [1.165, 1.54) is 14.2 Å². The van der Waals surface area contributed by atoms with Crippen LogP contribution in [0, 0.1) is 0 Å². The molecule has 2 rings (SSSR count). The molecule has 0 bridgehead atoms. The lowest BCUT2D eigenvalue weighted by atomic mass is 10.2. The largest absolute Gasteiger partial charge is 0.497 e. The van der Waals surface area contributed by atoms with Crippen LogP contribution in [-0.2, 0) is 14.3 Å². The number of allylic oxidation sites excluding steroid dienone is 2. The minimum atomic E-state index is -0.511. The second-order valence-electron chi connectivity index (χ2n) is 4.26. The van der Waals surface area contributed by atoms with Crippen molar-refractivity contribution in [3.8, 4) is 5.75 Å². The topological polar surface area (TPSA) is 60.5 Å². The van der Waals surface area contributed by atoms with Crippen LogP contribution in [-0.4, -0.2) is 32.3 Å². The van der Waals surface area contributed by atoms with E-state index in [-0.39, 0.29) is 5.76 Å². The van der Waals surface area contributed by atoms with Crippen molar-refractivity contribution in [2.75, 3.05) is 21.3 Å². The zero-order chi connectivity index (χ0) is 15.2. The predicted molar refractivity (Wildman–Crippen MR) is 81.0 cm³/mol. The van der Waals surface area contributed by atoms with Crippen LogP contribution >= 0.6 is 0 Å². The van der Waals surface area contributed by atoms with Crippen molar-refractivity contribution in [1.82, 2.24) is 4.98 Å². The molecular formula is C16H17NO4. The molecule has 5 nitrogen and oxygen atoms in total. The molecule has 1 aromatic carbocycles. The fourth-order valence-electron chi connectivity index (χ4n) is 1.91. The maximum atomic E-state index is 11.3. The minimum absolute atomic E-state index is 0.145. The van der Waals surface area contributed by atoms with Gasteiger partial charge in [0.1, 0.15) is 5.75 Å². The van der Waals surface area contributed by atoms with Crippen molar-refractivity contribution < 1.29 is 19.0 Å². The van der Waals surface area contributed by atoms with Crippen LogP contribution in [0.2, 0.25) is 0 Å². The number of fused-ring (bicyclic) bond motifs is 1. The van der Waals surface area contributed by atoms with Crippen LogP contribution in [0.3, 0.4) is 0 Å². The predicted octanol–water partition coefficient (Wildman–Crippen LogP) is 2.89. The summed E-state index contributed by atoms with van der Waals surface area (Å²) in [6.45, 7) is 0. The molecule has 110 valence electrons. The number of hydrogen-bond acceptors (Lipinski definition) is 4. The molecule has 2 aromatic rings. The number of esters is 1. The van der Waals surface area contributed by atoms with E-state index in [2.05, 4.69) is 9.72 Å². The van der Waals surface area contributed by atoms with E-state index >= 15 is 0 Å². The van der Waals surface area contributed by atoms with E-state index in [4.69, 9.17) is 9.47 Å². The van der Waals surface area contributed by atoms with Crippen molar-refractivity contribution in [3.63, 3.8) is 0 Å². The second kappa shape index (κ2) is 6.65. The highest BCUT2D eigenvalue weighted by Crippen LogP contribution is 2.21. The number of carbonyl (C=O) groups excluding carboxylic acids is 1. The molecule has 1 heterocycles. The van der Waals surface area contributed by atoms with Crippen LogP contribution < -0.4 is 4.74 Å². The van der Waals surface area contributed by atoms with Gasteiger partial charge >= 0.3 is 5.97 Å². The van der Waals surface area contributed by atoms with Crippen LogP contribution in [0.1, 0.15) is 5.69 Å². The lowest BCUT2D eigenvalue weighted by molar-refractivity contribution is -0.139. The van der Waals surface area contributed by atoms with Crippen molar-refractivity contribution in [2.24, 2.45) is 0 Å². The van der Waals surface area contributed by atoms with Crippen molar-refractivity contribution in [1.29, 1.82) is 0 Å². The number of rotatable bonds is 5. The quantitative estimate of drug-likeness (QED) is 0.397. The Morgan fingerprint density at radius 2 is 1.95 bits per heavy atom. The first-order valence-corrected chi connectivity index (χ1v) is 6.35. The number of hydrogen-bond donors (Lipinski definition) is 1. The molecule has 0 radical (unpaired) electrons. The van der Waals surface area contributed by atoms with Gasteiger partial charge in [-0.3, -0.25) is 0 Å². The van der Waals surface area contributed by atoms with E-state index in [0.717, 1.165) is 22.3 Å². The normalized spacial score (nSPS) is 11.9. The Balaban J connectivity index is 2.21. The Morgan fingerprint density at radius 1 is 1.14 bits per heavy atom. The summed E-state index contributed by atoms with van der Waals surface area (Å²) >= 11 is 0. The lowest BCUT2D eigenvalue weighted by Crippen LogP contribution is -2.05. The third kappa shape index (κ3) is 3.45. The number of aromatic amines is 1. The average Bonchev–Trinajstić information content (AvgIpc) is 2.92. The Bertz CT molecular complexity index is 697. The van der Waals surface area contributed by atoms with Gasteiger partial charge in [0.2, 0.25) is 5.76 Å². The van der Waals surface area contributed by atoms with E-state index < -0.39 is 5.97 Å². The number of methoxy groups -OCH3 is 3. The molecule has 0 spiro atoms.